The third-order valence-corrected chi connectivity index (χ3v) is 10.5. The van der Waals surface area contributed by atoms with Gasteiger partial charge in [-0.3, -0.25) is 19.4 Å². The van der Waals surface area contributed by atoms with E-state index in [4.69, 9.17) is 15.3 Å². The van der Waals surface area contributed by atoms with E-state index in [-0.39, 0.29) is 35.7 Å². The number of carbonyl (C=O) groups excluding carboxylic acids is 3. The molecule has 0 spiro atoms. The van der Waals surface area contributed by atoms with E-state index in [1.54, 1.807) is 24.2 Å². The van der Waals surface area contributed by atoms with Gasteiger partial charge in [-0.05, 0) is 35.6 Å². The van der Waals surface area contributed by atoms with Crippen LogP contribution in [0.4, 0.5) is 5.13 Å². The Bertz CT molecular complexity index is 1770. The Hall–Kier alpha value is -4.73. The van der Waals surface area contributed by atoms with Crippen LogP contribution in [-0.4, -0.2) is 73.1 Å². The number of hydrogen-bond donors (Lipinski definition) is 2. The van der Waals surface area contributed by atoms with Crippen LogP contribution in [0.25, 0.3) is 0 Å². The number of β-lactam (4-membered cyclic amide) rings is 1. The lowest BCUT2D eigenvalue weighted by Crippen LogP contribution is -2.74. The van der Waals surface area contributed by atoms with Gasteiger partial charge in [-0.2, -0.15) is 9.36 Å². The minimum Gasteiger partial charge on any atom is -0.452 e. The lowest BCUT2D eigenvalue weighted by molar-refractivity contribution is -0.162. The number of aromatic nitrogens is 3. The van der Waals surface area contributed by atoms with Gasteiger partial charge in [-0.15, -0.1) is 11.8 Å². The van der Waals surface area contributed by atoms with Crippen LogP contribution < -0.4 is 11.1 Å². The van der Waals surface area contributed by atoms with Crippen molar-refractivity contribution in [1.82, 2.24) is 24.6 Å². The first kappa shape index (κ1) is 33.2. The lowest BCUT2D eigenvalue weighted by atomic mass is 9.87. The number of pyridine rings is 1. The molecule has 246 valence electrons. The molecular weight excluding hydrogens is 671 g/mol. The zero-order chi connectivity index (χ0) is 33.5. The molecule has 2 unspecified atom stereocenters. The Kier molecular flexibility index (Phi) is 10.4. The molecule has 0 bridgehead atoms. The van der Waals surface area contributed by atoms with Crippen LogP contribution in [0.3, 0.4) is 0 Å². The fourth-order valence-corrected chi connectivity index (χ4v) is 7.92. The fourth-order valence-electron chi connectivity index (χ4n) is 5.21. The van der Waals surface area contributed by atoms with Crippen molar-refractivity contribution in [2.24, 2.45) is 10.6 Å². The highest BCUT2D eigenvalue weighted by Crippen LogP contribution is 2.45. The maximum absolute atomic E-state index is 14.3. The second kappa shape index (κ2) is 15.0. The molecule has 3 N–H and O–H groups in total. The molecule has 4 aromatic rings. The molecule has 2 saturated heterocycles. The Morgan fingerprint density at radius 1 is 1.15 bits per heavy atom. The summed E-state index contributed by atoms with van der Waals surface area (Å²) in [6, 6.07) is 22.0. The molecule has 0 aliphatic carbocycles. The molecule has 48 heavy (non-hydrogen) atoms. The number of nitrogens with zero attached hydrogens (tertiary/aromatic N) is 5. The Labute approximate surface area is 289 Å². The van der Waals surface area contributed by atoms with Crippen molar-refractivity contribution in [1.29, 1.82) is 0 Å². The highest BCUT2D eigenvalue weighted by atomic mass is 32.2. The highest BCUT2D eigenvalue weighted by Gasteiger charge is 2.57. The lowest BCUT2D eigenvalue weighted by Gasteiger charge is -2.53. The van der Waals surface area contributed by atoms with Crippen molar-refractivity contribution in [2.75, 3.05) is 24.6 Å². The monoisotopic (exact) mass is 701 g/mol. The number of fused-ring (bicyclic) bond motifs is 1. The van der Waals surface area contributed by atoms with Crippen molar-refractivity contribution < 1.29 is 24.0 Å². The maximum Gasteiger partial charge on any atom is 0.319 e. The minimum atomic E-state index is -1.17. The molecule has 2 aliphatic rings. The summed E-state index contributed by atoms with van der Waals surface area (Å²) in [4.78, 5) is 57.0. The second-order valence-corrected chi connectivity index (χ2v) is 13.7. The van der Waals surface area contributed by atoms with Crippen molar-refractivity contribution in [3.63, 3.8) is 0 Å². The molecule has 2 amide bonds. The second-order valence-electron chi connectivity index (χ2n) is 10.8. The van der Waals surface area contributed by atoms with E-state index in [0.29, 0.717) is 5.75 Å². The topological polar surface area (TPSA) is 162 Å². The van der Waals surface area contributed by atoms with Crippen LogP contribution in [-0.2, 0) is 24.0 Å². The summed E-state index contributed by atoms with van der Waals surface area (Å²) in [6.45, 7) is 2.00. The van der Waals surface area contributed by atoms with Crippen molar-refractivity contribution >= 4 is 63.7 Å². The van der Waals surface area contributed by atoms with E-state index >= 15 is 0 Å². The number of anilines is 1. The summed E-state index contributed by atoms with van der Waals surface area (Å²) in [6.07, 6.45) is 4.58. The van der Waals surface area contributed by atoms with E-state index in [0.717, 1.165) is 27.6 Å². The summed E-state index contributed by atoms with van der Waals surface area (Å²) < 4.78 is 10.4. The minimum absolute atomic E-state index is 0.00720. The Morgan fingerprint density at radius 2 is 1.88 bits per heavy atom. The predicted molar refractivity (Wildman–Crippen MR) is 185 cm³/mol. The average molecular weight is 702 g/mol. The van der Waals surface area contributed by atoms with Gasteiger partial charge < -0.3 is 25.5 Å². The first-order valence-electron chi connectivity index (χ1n) is 15.0. The fraction of sp³-hybridized carbons (Fsp3) is 0.242. The van der Waals surface area contributed by atoms with E-state index in [2.05, 4.69) is 24.8 Å². The van der Waals surface area contributed by atoms with Gasteiger partial charge in [0.05, 0.1) is 0 Å². The molecule has 2 aromatic heterocycles. The molecule has 4 heterocycles. The number of ether oxygens (including phenoxy) is 1. The largest absolute Gasteiger partial charge is 0.452 e. The zero-order valence-corrected chi connectivity index (χ0v) is 28.1. The number of thioether (sulfide) groups is 2. The van der Waals surface area contributed by atoms with Gasteiger partial charge in [0.1, 0.15) is 23.4 Å². The molecule has 6 rings (SSSR count). The number of nitrogens with one attached hydrogen (secondary N) is 1. The molecule has 2 aliphatic heterocycles. The molecule has 12 nitrogen and oxygen atoms in total. The number of amides is 2. The van der Waals surface area contributed by atoms with Crippen LogP contribution in [0.1, 0.15) is 30.0 Å². The summed E-state index contributed by atoms with van der Waals surface area (Å²) in [5, 5.41) is 8.21. The van der Waals surface area contributed by atoms with E-state index < -0.39 is 34.8 Å². The molecular formula is C33H31N7O5S3. The summed E-state index contributed by atoms with van der Waals surface area (Å²) in [5.74, 6) is -1.16. The number of hydrogen-bond acceptors (Lipinski definition) is 13. The molecule has 0 radical (unpaired) electrons. The summed E-state index contributed by atoms with van der Waals surface area (Å²) in [7, 11) is 0. The van der Waals surface area contributed by atoms with Gasteiger partial charge in [0.2, 0.25) is 17.4 Å². The molecule has 15 heteroatoms. The molecule has 3 atom stereocenters. The zero-order valence-electron chi connectivity index (χ0n) is 25.7. The average Bonchev–Trinajstić information content (AvgIpc) is 3.56. The van der Waals surface area contributed by atoms with Gasteiger partial charge in [0.25, 0.3) is 5.91 Å². The van der Waals surface area contributed by atoms with Crippen LogP contribution in [0.2, 0.25) is 0 Å². The van der Waals surface area contributed by atoms with Crippen LogP contribution in [0.5, 0.6) is 0 Å². The van der Waals surface area contributed by atoms with Gasteiger partial charge in [-0.1, -0.05) is 83.7 Å². The number of carbonyl (C=O) groups is 3. The SMILES string of the molecule is CCON=C(C(=O)NC1C(=O)N2CC(C=CSc3cccnc3)(C(=O)OC(c3ccccc3)c3ccccc3)CS[C@H]12)c1nsc(N)n1. The van der Waals surface area contributed by atoms with Gasteiger partial charge >= 0.3 is 5.97 Å². The smallest absolute Gasteiger partial charge is 0.319 e. The van der Waals surface area contributed by atoms with Gasteiger partial charge in [-0.25, -0.2) is 0 Å². The first-order valence-corrected chi connectivity index (χ1v) is 17.7. The van der Waals surface area contributed by atoms with Crippen molar-refractivity contribution in [2.45, 2.75) is 29.3 Å². The molecule has 0 saturated carbocycles. The van der Waals surface area contributed by atoms with E-state index in [9.17, 15) is 14.4 Å². The van der Waals surface area contributed by atoms with E-state index in [1.807, 2.05) is 84.3 Å². The number of nitrogens with two attached hydrogens (primary N) is 1. The third-order valence-electron chi connectivity index (χ3n) is 7.61. The van der Waals surface area contributed by atoms with Gasteiger partial charge in [0, 0.05) is 41.1 Å². The van der Waals surface area contributed by atoms with E-state index in [1.165, 1.54) is 23.5 Å². The number of oxime groups is 1. The summed E-state index contributed by atoms with van der Waals surface area (Å²) >= 11 is 3.72. The van der Waals surface area contributed by atoms with Crippen molar-refractivity contribution in [3.8, 4) is 0 Å². The van der Waals surface area contributed by atoms with Crippen molar-refractivity contribution in [3.05, 3.63) is 114 Å². The van der Waals surface area contributed by atoms with Gasteiger partial charge in [0.15, 0.2) is 11.2 Å². The highest BCUT2D eigenvalue weighted by molar-refractivity contribution is 8.02. The number of esters is 1. The number of benzene rings is 2. The standard InChI is InChI=1S/C33H31N7O5S3/c1-2-44-38-24(27-37-32(34)48-39-27)28(41)36-25-29(42)40-19-33(20-47-30(25)40,15-17-46-23-14-9-16-35-18-23)31(43)45-26(21-10-5-3-6-11-21)22-12-7-4-8-13-22/h3-18,25-26,30H,2,19-20H2,1H3,(H,36,41)(H2,34,37,39)/t25?,30-,33?/m1/s1. The quantitative estimate of drug-likeness (QED) is 0.0713. The Balaban J connectivity index is 1.23. The van der Waals surface area contributed by atoms with Crippen LogP contribution in [0.15, 0.2) is 107 Å². The maximum atomic E-state index is 14.3. The normalized spacial score (nSPS) is 20.7. The summed E-state index contributed by atoms with van der Waals surface area (Å²) in [5.41, 5.74) is 6.01. The number of rotatable bonds is 12. The molecule has 2 fully saturated rings. The Morgan fingerprint density at radius 3 is 2.50 bits per heavy atom. The predicted octanol–water partition coefficient (Wildman–Crippen LogP) is 4.28. The third kappa shape index (κ3) is 7.22. The van der Waals surface area contributed by atoms with Crippen LogP contribution in [0, 0.1) is 5.41 Å². The van der Waals surface area contributed by atoms with Crippen LogP contribution >= 0.6 is 35.1 Å². The first-order chi connectivity index (χ1) is 23.4. The molecule has 2 aromatic carbocycles. The number of nitrogen functional groups attached to an aromatic ring is 1.